The molecule has 6 heterocycles. The van der Waals surface area contributed by atoms with Gasteiger partial charge in [0.05, 0.1) is 6.10 Å². The molecule has 0 spiro atoms. The monoisotopic (exact) mass is 668 g/mol. The molecule has 3 unspecified atom stereocenters. The van der Waals surface area contributed by atoms with Crippen molar-refractivity contribution < 1.29 is 37.9 Å². The summed E-state index contributed by atoms with van der Waals surface area (Å²) in [5.74, 6) is 0. The number of H-pyrrole nitrogens is 3. The van der Waals surface area contributed by atoms with E-state index in [4.69, 9.17) is 18.9 Å². The molecule has 47 heavy (non-hydrogen) atoms. The lowest BCUT2D eigenvalue weighted by molar-refractivity contribution is -0.255. The van der Waals surface area contributed by atoms with Gasteiger partial charge in [-0.15, -0.1) is 0 Å². The first kappa shape index (κ1) is 32.6. The molecule has 0 aromatic carbocycles. The summed E-state index contributed by atoms with van der Waals surface area (Å²) in [6.07, 6.45) is -14.6. The van der Waals surface area contributed by atoms with Crippen molar-refractivity contribution in [1.82, 2.24) is 28.7 Å². The molecule has 18 nitrogen and oxygen atoms in total. The van der Waals surface area contributed by atoms with Gasteiger partial charge in [-0.1, -0.05) is 0 Å². The number of aromatic amines is 3. The summed E-state index contributed by atoms with van der Waals surface area (Å²) in [4.78, 5) is 77.4. The van der Waals surface area contributed by atoms with E-state index in [0.29, 0.717) is 0 Å². The Bertz CT molecular complexity index is 1960. The number of rotatable bonds is 9. The quantitative estimate of drug-likeness (QED) is 0.150. The van der Waals surface area contributed by atoms with Gasteiger partial charge < -0.3 is 29.2 Å². The lowest BCUT2D eigenvalue weighted by atomic mass is 9.97. The average Bonchev–Trinajstić information content (AvgIpc) is 3.74. The summed E-state index contributed by atoms with van der Waals surface area (Å²) < 4.78 is 56.4. The number of aromatic nitrogens is 6. The number of nitrogens with one attached hydrogen (secondary N) is 3. The highest BCUT2D eigenvalue weighted by Crippen LogP contribution is 2.39. The van der Waals surface area contributed by atoms with E-state index < -0.39 is 114 Å². The van der Waals surface area contributed by atoms with E-state index >= 15 is 8.78 Å². The van der Waals surface area contributed by atoms with E-state index in [1.165, 1.54) is 6.20 Å². The Morgan fingerprint density at radius 2 is 1.26 bits per heavy atom. The van der Waals surface area contributed by atoms with Gasteiger partial charge in [0.25, 0.3) is 16.7 Å². The molecule has 11 atom stereocenters. The molecule has 3 saturated heterocycles. The number of aliphatic hydroxyl groups is 2. The maximum Gasteiger partial charge on any atom is 0.330 e. The van der Waals surface area contributed by atoms with Crippen LogP contribution in [0.3, 0.4) is 0 Å². The van der Waals surface area contributed by atoms with Gasteiger partial charge in [0, 0.05) is 49.6 Å². The summed E-state index contributed by atoms with van der Waals surface area (Å²) in [6, 6.07) is 3.10. The number of hydrogen-bond donors (Lipinski definition) is 5. The highest BCUT2D eigenvalue weighted by molar-refractivity contribution is 4.98. The number of halogens is 2. The smallest absolute Gasteiger partial charge is 0.330 e. The van der Waals surface area contributed by atoms with Crippen LogP contribution in [0.2, 0.25) is 0 Å². The average molecular weight is 669 g/mol. The minimum atomic E-state index is -2.03. The van der Waals surface area contributed by atoms with Gasteiger partial charge in [0.2, 0.25) is 0 Å². The lowest BCUT2D eigenvalue weighted by Gasteiger charge is -2.34. The zero-order valence-corrected chi connectivity index (χ0v) is 24.2. The second-order valence-corrected chi connectivity index (χ2v) is 11.4. The van der Waals surface area contributed by atoms with Crippen LogP contribution in [0.15, 0.2) is 65.6 Å². The van der Waals surface area contributed by atoms with Gasteiger partial charge in [0.15, 0.2) is 12.5 Å². The summed E-state index contributed by atoms with van der Waals surface area (Å²) in [5, 5.41) is 22.5. The molecular formula is C27H30F2N6O12. The standard InChI is InChI=1S/C27H30F2N6O12/c28-11-10-19(34-7-4-16(37)31-26(34)42)46-21(11)22(20(39)13-1-2-18(44-13)33-6-3-15(36)30-25(33)41)47-24(40)14-9-12(29)23(45-14)35-8-5-17(38)32-27(35)43/h3-8,11-14,18-24,39-40H,1-2,9-10H2,(H,30,36,41)(H,31,37,42)(H,32,38,43)/t11-,12+,13-,14-,18+,19+,20?,21-,22?,23+,24?/m0/s1. The topological polar surface area (TPSA) is 242 Å². The molecule has 3 aliphatic heterocycles. The molecule has 0 aliphatic carbocycles. The van der Waals surface area contributed by atoms with E-state index in [2.05, 4.69) is 4.98 Å². The van der Waals surface area contributed by atoms with Crippen LogP contribution in [-0.4, -0.2) is 88.0 Å². The first-order valence-electron chi connectivity index (χ1n) is 14.6. The van der Waals surface area contributed by atoms with Crippen LogP contribution in [0.25, 0.3) is 0 Å². The molecule has 6 rings (SSSR count). The van der Waals surface area contributed by atoms with Gasteiger partial charge in [-0.3, -0.25) is 43.0 Å². The molecule has 3 fully saturated rings. The summed E-state index contributed by atoms with van der Waals surface area (Å²) in [7, 11) is 0. The highest BCUT2D eigenvalue weighted by atomic mass is 19.1. The van der Waals surface area contributed by atoms with Crippen LogP contribution in [0.4, 0.5) is 8.78 Å². The van der Waals surface area contributed by atoms with Crippen LogP contribution < -0.4 is 33.7 Å². The molecule has 3 aromatic rings. The highest BCUT2D eigenvalue weighted by Gasteiger charge is 2.50. The largest absolute Gasteiger partial charge is 0.388 e. The minimum absolute atomic E-state index is 0.101. The van der Waals surface area contributed by atoms with Gasteiger partial charge in [0.1, 0.15) is 49.2 Å². The minimum Gasteiger partial charge on any atom is -0.388 e. The molecule has 0 amide bonds. The summed E-state index contributed by atoms with van der Waals surface area (Å²) >= 11 is 0. The lowest BCUT2D eigenvalue weighted by Crippen LogP contribution is -2.51. The molecule has 0 radical (unpaired) electrons. The van der Waals surface area contributed by atoms with Crippen LogP contribution in [0.5, 0.6) is 0 Å². The van der Waals surface area contributed by atoms with Gasteiger partial charge in [-0.05, 0) is 12.8 Å². The predicted octanol–water partition coefficient (Wildman–Crippen LogP) is -2.37. The van der Waals surface area contributed by atoms with E-state index in [1.54, 1.807) is 0 Å². The van der Waals surface area contributed by atoms with Crippen LogP contribution in [0, 0.1) is 0 Å². The Kier molecular flexibility index (Phi) is 9.05. The number of nitrogens with zero attached hydrogens (tertiary/aromatic N) is 3. The Morgan fingerprint density at radius 1 is 0.702 bits per heavy atom. The Labute approximate surface area is 259 Å². The van der Waals surface area contributed by atoms with Crippen LogP contribution >= 0.6 is 0 Å². The van der Waals surface area contributed by atoms with Gasteiger partial charge >= 0.3 is 17.1 Å². The van der Waals surface area contributed by atoms with Crippen molar-refractivity contribution in [2.75, 3.05) is 0 Å². The summed E-state index contributed by atoms with van der Waals surface area (Å²) in [5.41, 5.74) is -4.68. The summed E-state index contributed by atoms with van der Waals surface area (Å²) in [6.45, 7) is 0. The Hall–Kier alpha value is -4.34. The first-order chi connectivity index (χ1) is 22.4. The van der Waals surface area contributed by atoms with E-state index in [-0.39, 0.29) is 12.8 Å². The first-order valence-corrected chi connectivity index (χ1v) is 14.6. The van der Waals surface area contributed by atoms with Crippen molar-refractivity contribution in [3.8, 4) is 0 Å². The number of aliphatic hydroxyl groups excluding tert-OH is 2. The fourth-order valence-corrected chi connectivity index (χ4v) is 6.04. The Balaban J connectivity index is 1.24. The second-order valence-electron chi connectivity index (χ2n) is 11.4. The molecule has 20 heteroatoms. The third-order valence-corrected chi connectivity index (χ3v) is 8.31. The molecule has 5 N–H and O–H groups in total. The van der Waals surface area contributed by atoms with Crippen molar-refractivity contribution in [3.63, 3.8) is 0 Å². The molecule has 0 bridgehead atoms. The van der Waals surface area contributed by atoms with Crippen LogP contribution in [-0.2, 0) is 18.9 Å². The van der Waals surface area contributed by atoms with Crippen molar-refractivity contribution in [2.24, 2.45) is 0 Å². The third-order valence-electron chi connectivity index (χ3n) is 8.31. The van der Waals surface area contributed by atoms with E-state index in [9.17, 15) is 39.0 Å². The molecule has 3 aromatic heterocycles. The molecule has 3 aliphatic rings. The molecular weight excluding hydrogens is 638 g/mol. The van der Waals surface area contributed by atoms with Crippen molar-refractivity contribution in [2.45, 2.75) is 93.5 Å². The predicted molar refractivity (Wildman–Crippen MR) is 151 cm³/mol. The fraction of sp³-hybridized carbons (Fsp3) is 0.556. The van der Waals surface area contributed by atoms with Gasteiger partial charge in [-0.25, -0.2) is 23.2 Å². The SMILES string of the molecule is O=c1ccn([C@@H]2O[C@H](C(O)OC(C(O)[C@@H]3CC[C@H](n4ccc(=O)[nH]c4=O)O3)[C@H]3O[C@@H](n4ccc(=O)[nH]c4=O)C[C@@H]3F)C[C@H]2F)c(=O)[nH]1. The third kappa shape index (κ3) is 6.60. The number of hydrogen-bond acceptors (Lipinski definition) is 12. The molecule has 254 valence electrons. The molecule has 0 saturated carbocycles. The normalized spacial score (nSPS) is 31.1. The van der Waals surface area contributed by atoms with Crippen LogP contribution in [0.1, 0.15) is 44.4 Å². The zero-order valence-electron chi connectivity index (χ0n) is 24.2. The van der Waals surface area contributed by atoms with Crippen molar-refractivity contribution in [1.29, 1.82) is 0 Å². The van der Waals surface area contributed by atoms with E-state index in [0.717, 1.165) is 44.3 Å². The zero-order chi connectivity index (χ0) is 33.6. The number of ether oxygens (including phenoxy) is 4. The Morgan fingerprint density at radius 3 is 1.83 bits per heavy atom. The maximum atomic E-state index is 15.7. The maximum absolute atomic E-state index is 15.7. The van der Waals surface area contributed by atoms with Crippen molar-refractivity contribution in [3.05, 3.63) is 99.3 Å². The van der Waals surface area contributed by atoms with Gasteiger partial charge in [-0.2, -0.15) is 0 Å². The van der Waals surface area contributed by atoms with E-state index in [1.807, 2.05) is 9.97 Å². The van der Waals surface area contributed by atoms with Crippen molar-refractivity contribution >= 4 is 0 Å². The number of alkyl halides is 2. The second kappa shape index (κ2) is 13.0. The fourth-order valence-electron chi connectivity index (χ4n) is 6.04.